The summed E-state index contributed by atoms with van der Waals surface area (Å²) < 4.78 is 0. The van der Waals surface area contributed by atoms with Gasteiger partial charge in [-0.1, -0.05) is 12.1 Å². The van der Waals surface area contributed by atoms with Crippen molar-refractivity contribution in [2.45, 2.75) is 26.2 Å². The number of carboxylic acids is 1. The maximum atomic E-state index is 11.9. The SMILES string of the molecule is Cc1ccc2cc(C(=O)NCCCCC(=O)O)[nH]c2c1. The molecule has 0 saturated heterocycles. The summed E-state index contributed by atoms with van der Waals surface area (Å²) in [5, 5.41) is 12.3. The van der Waals surface area contributed by atoms with E-state index >= 15 is 0 Å². The Bertz CT molecular complexity index is 631. The molecule has 0 aliphatic carbocycles. The second-order valence-electron chi connectivity index (χ2n) is 4.88. The van der Waals surface area contributed by atoms with Crippen molar-refractivity contribution in [3.8, 4) is 0 Å². The van der Waals surface area contributed by atoms with E-state index in [1.165, 1.54) is 0 Å². The third kappa shape index (κ3) is 3.60. The van der Waals surface area contributed by atoms with E-state index in [0.717, 1.165) is 16.5 Å². The minimum atomic E-state index is -0.803. The highest BCUT2D eigenvalue weighted by atomic mass is 16.4. The summed E-state index contributed by atoms with van der Waals surface area (Å²) >= 11 is 0. The van der Waals surface area contributed by atoms with Crippen molar-refractivity contribution in [1.82, 2.24) is 10.3 Å². The Balaban J connectivity index is 1.89. The van der Waals surface area contributed by atoms with Crippen LogP contribution in [0.3, 0.4) is 0 Å². The van der Waals surface area contributed by atoms with Crippen LogP contribution < -0.4 is 5.32 Å². The highest BCUT2D eigenvalue weighted by molar-refractivity contribution is 5.98. The van der Waals surface area contributed by atoms with Crippen LogP contribution in [0.5, 0.6) is 0 Å². The molecule has 3 N–H and O–H groups in total. The summed E-state index contributed by atoms with van der Waals surface area (Å²) in [6.45, 7) is 2.49. The highest BCUT2D eigenvalue weighted by Crippen LogP contribution is 2.16. The van der Waals surface area contributed by atoms with Crippen molar-refractivity contribution in [3.05, 3.63) is 35.5 Å². The van der Waals surface area contributed by atoms with E-state index in [4.69, 9.17) is 5.11 Å². The average Bonchev–Trinajstić information content (AvgIpc) is 2.80. The Kier molecular flexibility index (Phi) is 4.40. The van der Waals surface area contributed by atoms with Crippen molar-refractivity contribution >= 4 is 22.8 Å². The van der Waals surface area contributed by atoms with E-state index in [9.17, 15) is 9.59 Å². The van der Waals surface area contributed by atoms with Crippen LogP contribution in [-0.4, -0.2) is 28.5 Å². The number of rotatable bonds is 6. The van der Waals surface area contributed by atoms with Crippen LogP contribution in [0.25, 0.3) is 10.9 Å². The molecule has 0 saturated carbocycles. The van der Waals surface area contributed by atoms with Gasteiger partial charge in [0.2, 0.25) is 0 Å². The van der Waals surface area contributed by atoms with Crippen molar-refractivity contribution in [1.29, 1.82) is 0 Å². The molecule has 0 atom stereocenters. The monoisotopic (exact) mass is 274 g/mol. The molecule has 1 aromatic carbocycles. The average molecular weight is 274 g/mol. The fourth-order valence-corrected chi connectivity index (χ4v) is 2.06. The first kappa shape index (κ1) is 14.1. The summed E-state index contributed by atoms with van der Waals surface area (Å²) in [5.74, 6) is -0.962. The van der Waals surface area contributed by atoms with Crippen molar-refractivity contribution in [2.24, 2.45) is 0 Å². The van der Waals surface area contributed by atoms with Crippen LogP contribution >= 0.6 is 0 Å². The van der Waals surface area contributed by atoms with E-state index in [1.807, 2.05) is 31.2 Å². The van der Waals surface area contributed by atoms with Gasteiger partial charge in [0.1, 0.15) is 5.69 Å². The molecule has 20 heavy (non-hydrogen) atoms. The number of amides is 1. The van der Waals surface area contributed by atoms with E-state index in [-0.39, 0.29) is 12.3 Å². The molecule has 1 amide bonds. The topological polar surface area (TPSA) is 82.2 Å². The molecule has 0 unspecified atom stereocenters. The zero-order valence-corrected chi connectivity index (χ0v) is 11.4. The molecular formula is C15H18N2O3. The lowest BCUT2D eigenvalue weighted by Gasteiger charge is -2.02. The molecule has 0 fully saturated rings. The number of carbonyl (C=O) groups is 2. The van der Waals surface area contributed by atoms with Gasteiger partial charge in [-0.2, -0.15) is 0 Å². The number of hydrogen-bond donors (Lipinski definition) is 3. The number of aliphatic carboxylic acids is 1. The van der Waals surface area contributed by atoms with Gasteiger partial charge in [0.25, 0.3) is 5.91 Å². The van der Waals surface area contributed by atoms with Crippen LogP contribution in [0.15, 0.2) is 24.3 Å². The van der Waals surface area contributed by atoms with Gasteiger partial charge in [0, 0.05) is 23.9 Å². The predicted molar refractivity (Wildman–Crippen MR) is 76.9 cm³/mol. The van der Waals surface area contributed by atoms with Gasteiger partial charge in [0.15, 0.2) is 0 Å². The minimum Gasteiger partial charge on any atom is -0.481 e. The zero-order valence-electron chi connectivity index (χ0n) is 11.4. The third-order valence-corrected chi connectivity index (χ3v) is 3.13. The molecule has 2 aromatic rings. The summed E-state index contributed by atoms with van der Waals surface area (Å²) in [5.41, 5.74) is 2.62. The largest absolute Gasteiger partial charge is 0.481 e. The number of carboxylic acid groups (broad SMARTS) is 1. The van der Waals surface area contributed by atoms with Gasteiger partial charge in [0.05, 0.1) is 0 Å². The number of hydrogen-bond acceptors (Lipinski definition) is 2. The first-order valence-corrected chi connectivity index (χ1v) is 6.65. The van der Waals surface area contributed by atoms with Gasteiger partial charge >= 0.3 is 5.97 Å². The minimum absolute atomic E-state index is 0.140. The molecule has 2 rings (SSSR count). The van der Waals surface area contributed by atoms with Crippen LogP contribution in [0.4, 0.5) is 0 Å². The lowest BCUT2D eigenvalue weighted by Crippen LogP contribution is -2.24. The maximum absolute atomic E-state index is 11.9. The highest BCUT2D eigenvalue weighted by Gasteiger charge is 2.08. The summed E-state index contributed by atoms with van der Waals surface area (Å²) in [6, 6.07) is 7.80. The molecule has 5 nitrogen and oxygen atoms in total. The first-order chi connectivity index (χ1) is 9.56. The number of aryl methyl sites for hydroxylation is 1. The van der Waals surface area contributed by atoms with Crippen molar-refractivity contribution in [3.63, 3.8) is 0 Å². The van der Waals surface area contributed by atoms with Crippen LogP contribution in [0.2, 0.25) is 0 Å². The van der Waals surface area contributed by atoms with Crippen molar-refractivity contribution in [2.75, 3.05) is 6.54 Å². The maximum Gasteiger partial charge on any atom is 0.303 e. The number of aromatic amines is 1. The third-order valence-electron chi connectivity index (χ3n) is 3.13. The van der Waals surface area contributed by atoms with E-state index in [1.54, 1.807) is 0 Å². The molecular weight excluding hydrogens is 256 g/mol. The first-order valence-electron chi connectivity index (χ1n) is 6.65. The molecule has 1 heterocycles. The number of carbonyl (C=O) groups excluding carboxylic acids is 1. The number of nitrogens with one attached hydrogen (secondary N) is 2. The number of unbranched alkanes of at least 4 members (excludes halogenated alkanes) is 1. The molecule has 0 bridgehead atoms. The smallest absolute Gasteiger partial charge is 0.303 e. The molecule has 0 radical (unpaired) electrons. The summed E-state index contributed by atoms with van der Waals surface area (Å²) in [7, 11) is 0. The van der Waals surface area contributed by atoms with E-state index in [0.29, 0.717) is 25.1 Å². The summed E-state index contributed by atoms with van der Waals surface area (Å²) in [4.78, 5) is 25.4. The number of H-pyrrole nitrogens is 1. The molecule has 0 aliphatic rings. The van der Waals surface area contributed by atoms with Gasteiger partial charge in [-0.25, -0.2) is 0 Å². The normalized spacial score (nSPS) is 10.7. The van der Waals surface area contributed by atoms with Crippen molar-refractivity contribution < 1.29 is 14.7 Å². The van der Waals surface area contributed by atoms with Crippen LogP contribution in [0, 0.1) is 6.92 Å². The quantitative estimate of drug-likeness (QED) is 0.708. The molecule has 0 spiro atoms. The van der Waals surface area contributed by atoms with Gasteiger partial charge in [-0.3, -0.25) is 9.59 Å². The second-order valence-corrected chi connectivity index (χ2v) is 4.88. The Hall–Kier alpha value is -2.30. The summed E-state index contributed by atoms with van der Waals surface area (Å²) in [6.07, 6.45) is 1.38. The molecule has 0 aliphatic heterocycles. The number of fused-ring (bicyclic) bond motifs is 1. The Labute approximate surface area is 117 Å². The van der Waals surface area contributed by atoms with Gasteiger partial charge in [-0.05, 0) is 37.5 Å². The van der Waals surface area contributed by atoms with Gasteiger partial charge < -0.3 is 15.4 Å². The lowest BCUT2D eigenvalue weighted by molar-refractivity contribution is -0.137. The fraction of sp³-hybridized carbons (Fsp3) is 0.333. The second kappa shape index (κ2) is 6.23. The number of aromatic nitrogens is 1. The fourth-order valence-electron chi connectivity index (χ4n) is 2.06. The lowest BCUT2D eigenvalue weighted by atomic mass is 10.2. The molecule has 106 valence electrons. The Morgan fingerprint density at radius 3 is 2.80 bits per heavy atom. The van der Waals surface area contributed by atoms with E-state index < -0.39 is 5.97 Å². The number of benzene rings is 1. The molecule has 1 aromatic heterocycles. The Morgan fingerprint density at radius 1 is 1.25 bits per heavy atom. The van der Waals surface area contributed by atoms with Crippen LogP contribution in [-0.2, 0) is 4.79 Å². The Morgan fingerprint density at radius 2 is 2.05 bits per heavy atom. The predicted octanol–water partition coefficient (Wildman–Crippen LogP) is 2.46. The standard InChI is InChI=1S/C15H18N2O3/c1-10-5-6-11-9-13(17-12(11)8-10)15(20)16-7-3-2-4-14(18)19/h5-6,8-9,17H,2-4,7H2,1H3,(H,16,20)(H,18,19). The van der Waals surface area contributed by atoms with Crippen LogP contribution in [0.1, 0.15) is 35.3 Å². The van der Waals surface area contributed by atoms with Gasteiger partial charge in [-0.15, -0.1) is 0 Å². The zero-order chi connectivity index (χ0) is 14.5. The van der Waals surface area contributed by atoms with E-state index in [2.05, 4.69) is 10.3 Å². The molecule has 5 heteroatoms.